The number of phenolic OH excluding ortho intramolecular Hbond substituents is 1. The molecule has 1 aliphatic rings. The summed E-state index contributed by atoms with van der Waals surface area (Å²) in [4.78, 5) is 106. The molecule has 61 heavy (non-hydrogen) atoms. The van der Waals surface area contributed by atoms with Crippen LogP contribution in [0.1, 0.15) is 78.0 Å². The van der Waals surface area contributed by atoms with Gasteiger partial charge in [-0.15, -0.1) is 0 Å². The number of hydrogen-bond acceptors (Lipinski definition) is 11. The fourth-order valence-electron chi connectivity index (χ4n) is 6.71. The fourth-order valence-corrected chi connectivity index (χ4v) is 6.71. The summed E-state index contributed by atoms with van der Waals surface area (Å²) < 4.78 is 0. The number of nitrogens with two attached hydrogens (primary N) is 3. The van der Waals surface area contributed by atoms with E-state index in [9.17, 15) is 43.8 Å². The van der Waals surface area contributed by atoms with Crippen LogP contribution in [-0.4, -0.2) is 128 Å². The first kappa shape index (κ1) is 49.1. The van der Waals surface area contributed by atoms with Crippen LogP contribution in [0.25, 0.3) is 0 Å². The number of likely N-dealkylation sites (tertiary alicyclic amines) is 1. The van der Waals surface area contributed by atoms with Crippen molar-refractivity contribution in [2.45, 2.75) is 122 Å². The quantitative estimate of drug-likeness (QED) is 0.0345. The summed E-state index contributed by atoms with van der Waals surface area (Å²) >= 11 is 0. The number of carbonyl (C=O) groups excluding carboxylic acids is 6. The van der Waals surface area contributed by atoms with E-state index in [1.54, 1.807) is 39.8 Å². The number of rotatable bonds is 23. The number of aliphatic carboxylic acids is 1. The van der Waals surface area contributed by atoms with Gasteiger partial charge >= 0.3 is 5.97 Å². The van der Waals surface area contributed by atoms with Crippen molar-refractivity contribution >= 4 is 47.4 Å². The van der Waals surface area contributed by atoms with Crippen LogP contribution in [0, 0.1) is 11.8 Å². The van der Waals surface area contributed by atoms with E-state index in [2.05, 4.69) is 41.5 Å². The van der Waals surface area contributed by atoms with Gasteiger partial charge in [-0.1, -0.05) is 46.2 Å². The number of aliphatic imine (C=N–C) groups is 1. The monoisotopic (exact) mass is 854 g/mol. The van der Waals surface area contributed by atoms with Crippen LogP contribution in [0.5, 0.6) is 5.75 Å². The molecule has 8 atom stereocenters. The van der Waals surface area contributed by atoms with E-state index in [0.29, 0.717) is 30.5 Å². The number of carboxylic acids is 1. The molecule has 2 heterocycles. The maximum atomic E-state index is 14.1. The zero-order chi connectivity index (χ0) is 45.4. The van der Waals surface area contributed by atoms with Gasteiger partial charge in [0.1, 0.15) is 42.0 Å². The molecule has 1 aliphatic heterocycles. The van der Waals surface area contributed by atoms with Crippen molar-refractivity contribution in [3.05, 3.63) is 48.0 Å². The summed E-state index contributed by atoms with van der Waals surface area (Å²) in [5.41, 5.74) is 17.8. The highest BCUT2D eigenvalue weighted by atomic mass is 16.4. The normalized spacial score (nSPS) is 17.1. The van der Waals surface area contributed by atoms with Crippen molar-refractivity contribution in [1.29, 1.82) is 0 Å². The Kier molecular flexibility index (Phi) is 18.9. The molecule has 0 saturated carbocycles. The summed E-state index contributed by atoms with van der Waals surface area (Å²) in [5, 5.41) is 32.8. The first-order valence-electron chi connectivity index (χ1n) is 20.4. The molecule has 21 heteroatoms. The average Bonchev–Trinajstić information content (AvgIpc) is 3.93. The minimum Gasteiger partial charge on any atom is -0.508 e. The van der Waals surface area contributed by atoms with Gasteiger partial charge in [0.2, 0.25) is 35.4 Å². The number of aromatic amines is 1. The largest absolute Gasteiger partial charge is 0.508 e. The molecule has 21 nitrogen and oxygen atoms in total. The summed E-state index contributed by atoms with van der Waals surface area (Å²) in [5.74, 6) is -6.15. The second kappa shape index (κ2) is 23.5. The van der Waals surface area contributed by atoms with Crippen molar-refractivity contribution in [2.75, 3.05) is 13.1 Å². The second-order valence-electron chi connectivity index (χ2n) is 15.7. The maximum Gasteiger partial charge on any atom is 0.326 e. The Balaban J connectivity index is 1.78. The first-order valence-corrected chi connectivity index (χ1v) is 20.4. The lowest BCUT2D eigenvalue weighted by atomic mass is 9.98. The number of H-pyrrole nitrogens is 1. The Morgan fingerprint density at radius 2 is 1.56 bits per heavy atom. The number of phenols is 1. The molecule has 1 saturated heterocycles. The van der Waals surface area contributed by atoms with Gasteiger partial charge in [-0.3, -0.25) is 33.8 Å². The molecule has 336 valence electrons. The van der Waals surface area contributed by atoms with Gasteiger partial charge in [-0.2, -0.15) is 0 Å². The van der Waals surface area contributed by atoms with Gasteiger partial charge in [-0.05, 0) is 62.1 Å². The molecule has 0 radical (unpaired) electrons. The molecular weight excluding hydrogens is 793 g/mol. The molecule has 1 fully saturated rings. The van der Waals surface area contributed by atoms with E-state index in [-0.39, 0.29) is 56.4 Å². The molecule has 3 rings (SSSR count). The highest BCUT2D eigenvalue weighted by Gasteiger charge is 2.40. The molecule has 14 N–H and O–H groups in total. The van der Waals surface area contributed by atoms with Crippen LogP contribution in [0.3, 0.4) is 0 Å². The topological polar surface area (TPSA) is 342 Å². The lowest BCUT2D eigenvalue weighted by Gasteiger charge is -2.31. The number of nitrogens with one attached hydrogen (secondary N) is 6. The minimum atomic E-state index is -1.28. The number of hydrogen-bond donors (Lipinski definition) is 11. The number of carbonyl (C=O) groups is 7. The van der Waals surface area contributed by atoms with Crippen LogP contribution >= 0.6 is 0 Å². The lowest BCUT2D eigenvalue weighted by Crippen LogP contribution is -2.60. The van der Waals surface area contributed by atoms with E-state index in [4.69, 9.17) is 17.2 Å². The highest BCUT2D eigenvalue weighted by Crippen LogP contribution is 2.21. The van der Waals surface area contributed by atoms with Gasteiger partial charge in [0.15, 0.2) is 5.96 Å². The smallest absolute Gasteiger partial charge is 0.326 e. The Labute approximate surface area is 354 Å². The fraction of sp³-hybridized carbons (Fsp3) is 0.575. The van der Waals surface area contributed by atoms with Gasteiger partial charge < -0.3 is 63.9 Å². The first-order chi connectivity index (χ1) is 28.8. The lowest BCUT2D eigenvalue weighted by molar-refractivity contribution is -0.146. The molecule has 1 aromatic carbocycles. The zero-order valence-corrected chi connectivity index (χ0v) is 35.4. The number of imidazole rings is 1. The highest BCUT2D eigenvalue weighted by molar-refractivity contribution is 5.97. The Bertz CT molecular complexity index is 1840. The molecular formula is C40H62N12O9. The molecule has 2 aromatic rings. The molecule has 1 aromatic heterocycles. The third-order valence-corrected chi connectivity index (χ3v) is 10.5. The van der Waals surface area contributed by atoms with Crippen LogP contribution in [0.15, 0.2) is 41.8 Å². The van der Waals surface area contributed by atoms with Gasteiger partial charge in [0.25, 0.3) is 0 Å². The Hall–Kier alpha value is -6.25. The maximum absolute atomic E-state index is 14.1. The molecule has 1 unspecified atom stereocenters. The SMILES string of the molecule is CC[C@H](C)[C@H](NC(=O)[C@@H]1CCCN1C(=O)[C@H](Cc1cnc[nH]1)NC(=O)C(C)NC(=O)[C@H](Cc1ccc(O)cc1)NC(=O)[C@@H](NC(=O)[C@@H](N)CCCN=C(N)N)C(C)C)C(=O)O. The molecule has 0 spiro atoms. The minimum absolute atomic E-state index is 0.0213. The summed E-state index contributed by atoms with van der Waals surface area (Å²) in [7, 11) is 0. The number of guanidine groups is 1. The average molecular weight is 855 g/mol. The van der Waals surface area contributed by atoms with Crippen molar-refractivity contribution < 1.29 is 43.8 Å². The van der Waals surface area contributed by atoms with Crippen molar-refractivity contribution in [2.24, 2.45) is 34.0 Å². The Morgan fingerprint density at radius 3 is 2.15 bits per heavy atom. The predicted octanol–water partition coefficient (Wildman–Crippen LogP) is -1.50. The van der Waals surface area contributed by atoms with Crippen LogP contribution in [0.2, 0.25) is 0 Å². The number of carboxylic acid groups (broad SMARTS) is 1. The molecule has 6 amide bonds. The number of amides is 6. The predicted molar refractivity (Wildman–Crippen MR) is 224 cm³/mol. The molecule has 0 aliphatic carbocycles. The molecule has 0 bridgehead atoms. The Morgan fingerprint density at radius 1 is 0.885 bits per heavy atom. The standard InChI is InChI=1S/C40H62N12O9/c1-6-22(4)32(39(60)61)51-36(57)30-10-8-16-52(30)38(59)29(18-25-19-44-20-46-25)49-33(54)23(5)47-35(56)28(17-24-11-13-26(53)14-12-24)48-37(58)31(21(2)3)50-34(55)27(41)9-7-15-45-40(42)43/h11-14,19-23,27-32,53H,6-10,15-18,41H2,1-5H3,(H,44,46)(H,47,56)(H,48,58)(H,49,54)(H,50,55)(H,51,57)(H,60,61)(H4,42,43,45)/t22-,23?,27-,28-,29-,30-,31-,32-/m0/s1. The van der Waals surface area contributed by atoms with E-state index in [0.717, 1.165) is 0 Å². The summed E-state index contributed by atoms with van der Waals surface area (Å²) in [6, 6.07) is -2.05. The van der Waals surface area contributed by atoms with Crippen LogP contribution in [-0.2, 0) is 46.4 Å². The van der Waals surface area contributed by atoms with E-state index >= 15 is 0 Å². The number of benzene rings is 1. The number of aromatic hydroxyl groups is 1. The second-order valence-corrected chi connectivity index (χ2v) is 15.7. The van der Waals surface area contributed by atoms with E-state index in [1.807, 2.05) is 0 Å². The van der Waals surface area contributed by atoms with Gasteiger partial charge in [0, 0.05) is 37.8 Å². The third kappa shape index (κ3) is 15.1. The van der Waals surface area contributed by atoms with E-state index in [1.165, 1.54) is 36.5 Å². The van der Waals surface area contributed by atoms with E-state index < -0.39 is 89.6 Å². The van der Waals surface area contributed by atoms with Crippen molar-refractivity contribution in [3.63, 3.8) is 0 Å². The zero-order valence-electron chi connectivity index (χ0n) is 35.4. The van der Waals surface area contributed by atoms with Crippen molar-refractivity contribution in [3.8, 4) is 5.75 Å². The van der Waals surface area contributed by atoms with Gasteiger partial charge in [0.05, 0.1) is 12.4 Å². The van der Waals surface area contributed by atoms with Crippen molar-refractivity contribution in [1.82, 2.24) is 41.5 Å². The third-order valence-electron chi connectivity index (χ3n) is 10.5. The van der Waals surface area contributed by atoms with Gasteiger partial charge in [-0.25, -0.2) is 9.78 Å². The number of nitrogens with zero attached hydrogens (tertiary/aromatic N) is 3. The number of aromatic nitrogens is 2. The summed E-state index contributed by atoms with van der Waals surface area (Å²) in [6.07, 6.45) is 4.63. The van der Waals surface area contributed by atoms with Crippen LogP contribution in [0.4, 0.5) is 0 Å². The van der Waals surface area contributed by atoms with Crippen LogP contribution < -0.4 is 43.8 Å². The summed E-state index contributed by atoms with van der Waals surface area (Å²) in [6.45, 7) is 8.75.